The van der Waals surface area contributed by atoms with E-state index in [0.717, 1.165) is 56.3 Å². The van der Waals surface area contributed by atoms with Crippen molar-refractivity contribution >= 4 is 50.7 Å². The first-order chi connectivity index (χ1) is 20.6. The standard InChI is InChI=1S/C17H22N2O2.C10H18INO2.C7H4BrN/c1-17(2,3)21-16(20)19-10-8-15(9-11-19)14-6-4-13(12-18)5-7-14;1-10(2,3)14-9(13)12-6-4-8(11)5-7-12;8-7-3-1-6(5-9)2-4-7/h4-7,15H,8-11H2,1-3H3;8H,4-7H2,1-3H3;1-4H. The number of nitrogens with zero attached hydrogens (tertiary/aromatic N) is 4. The molecule has 2 saturated heterocycles. The molecule has 0 spiro atoms. The van der Waals surface area contributed by atoms with E-state index in [9.17, 15) is 9.59 Å². The van der Waals surface area contributed by atoms with Gasteiger partial charge in [0.2, 0.25) is 0 Å². The number of hydrogen-bond acceptors (Lipinski definition) is 6. The third kappa shape index (κ3) is 14.3. The van der Waals surface area contributed by atoms with Gasteiger partial charge in [0, 0.05) is 34.6 Å². The summed E-state index contributed by atoms with van der Waals surface area (Å²) in [6.45, 7) is 14.5. The van der Waals surface area contributed by atoms with Gasteiger partial charge < -0.3 is 19.3 Å². The molecule has 2 fully saturated rings. The van der Waals surface area contributed by atoms with Gasteiger partial charge in [0.15, 0.2) is 0 Å². The van der Waals surface area contributed by atoms with E-state index in [-0.39, 0.29) is 17.8 Å². The normalized spacial score (nSPS) is 15.8. The predicted molar refractivity (Wildman–Crippen MR) is 185 cm³/mol. The summed E-state index contributed by atoms with van der Waals surface area (Å²) in [5, 5.41) is 17.2. The summed E-state index contributed by atoms with van der Waals surface area (Å²) in [6.07, 6.45) is 3.65. The number of piperidine rings is 2. The minimum Gasteiger partial charge on any atom is -0.444 e. The SMILES string of the molecule is CC(C)(C)OC(=O)N1CCC(I)CC1.CC(C)(C)OC(=O)N1CCC(c2ccc(C#N)cc2)CC1.N#Cc1ccc(Br)cc1. The average Bonchev–Trinajstić information content (AvgIpc) is 2.97. The first-order valence-electron chi connectivity index (χ1n) is 14.9. The summed E-state index contributed by atoms with van der Waals surface area (Å²) in [5.74, 6) is 0.455. The highest BCUT2D eigenvalue weighted by atomic mass is 127. The number of amides is 2. The van der Waals surface area contributed by atoms with Crippen LogP contribution < -0.4 is 0 Å². The van der Waals surface area contributed by atoms with Crippen molar-refractivity contribution in [1.29, 1.82) is 10.5 Å². The van der Waals surface area contributed by atoms with Gasteiger partial charge in [-0.2, -0.15) is 10.5 Å². The van der Waals surface area contributed by atoms with Crippen molar-refractivity contribution in [2.24, 2.45) is 0 Å². The van der Waals surface area contributed by atoms with Crippen LogP contribution in [0.4, 0.5) is 9.59 Å². The highest BCUT2D eigenvalue weighted by Crippen LogP contribution is 2.29. The molecule has 2 aromatic rings. The molecule has 8 nitrogen and oxygen atoms in total. The monoisotopic (exact) mass is 778 g/mol. The van der Waals surface area contributed by atoms with Crippen LogP contribution in [0, 0.1) is 22.7 Å². The lowest BCUT2D eigenvalue weighted by Crippen LogP contribution is -2.41. The Morgan fingerprint density at radius 2 is 1.09 bits per heavy atom. The first kappa shape index (κ1) is 37.4. The van der Waals surface area contributed by atoms with E-state index in [0.29, 0.717) is 21.0 Å². The second kappa shape index (κ2) is 17.6. The van der Waals surface area contributed by atoms with Crippen LogP contribution in [-0.2, 0) is 9.47 Å². The highest BCUT2D eigenvalue weighted by Gasteiger charge is 2.28. The molecule has 0 N–H and O–H groups in total. The molecule has 4 rings (SSSR count). The maximum Gasteiger partial charge on any atom is 0.410 e. The fourth-order valence-corrected chi connectivity index (χ4v) is 5.25. The molecule has 2 aliphatic heterocycles. The predicted octanol–water partition coefficient (Wildman–Crippen LogP) is 8.81. The van der Waals surface area contributed by atoms with Crippen LogP contribution in [-0.4, -0.2) is 63.3 Å². The molecule has 10 heteroatoms. The third-order valence-corrected chi connectivity index (χ3v) is 8.48. The number of likely N-dealkylation sites (tertiary alicyclic amines) is 2. The number of carbonyl (C=O) groups excluding carboxylic acids is 2. The van der Waals surface area contributed by atoms with Crippen molar-refractivity contribution in [2.75, 3.05) is 26.2 Å². The van der Waals surface area contributed by atoms with E-state index >= 15 is 0 Å². The van der Waals surface area contributed by atoms with Crippen LogP contribution in [0.2, 0.25) is 0 Å². The molecule has 2 heterocycles. The van der Waals surface area contributed by atoms with Gasteiger partial charge in [-0.3, -0.25) is 0 Å². The number of hydrogen-bond donors (Lipinski definition) is 0. The highest BCUT2D eigenvalue weighted by molar-refractivity contribution is 14.1. The van der Waals surface area contributed by atoms with E-state index < -0.39 is 5.60 Å². The molecule has 0 bridgehead atoms. The Labute approximate surface area is 285 Å². The summed E-state index contributed by atoms with van der Waals surface area (Å²) < 4.78 is 12.4. The van der Waals surface area contributed by atoms with Crippen molar-refractivity contribution in [1.82, 2.24) is 9.80 Å². The molecule has 0 unspecified atom stereocenters. The number of nitriles is 2. The Bertz CT molecular complexity index is 1280. The molecule has 238 valence electrons. The Morgan fingerprint density at radius 3 is 1.45 bits per heavy atom. The van der Waals surface area contributed by atoms with E-state index in [2.05, 4.69) is 44.6 Å². The average molecular weight is 780 g/mol. The molecule has 2 aromatic carbocycles. The zero-order valence-corrected chi connectivity index (χ0v) is 30.4. The summed E-state index contributed by atoms with van der Waals surface area (Å²) in [7, 11) is 0. The fraction of sp³-hybridized carbons (Fsp3) is 0.529. The number of benzene rings is 2. The molecule has 0 aromatic heterocycles. The maximum atomic E-state index is 12.0. The van der Waals surface area contributed by atoms with Crippen molar-refractivity contribution in [2.45, 2.75) is 88.3 Å². The lowest BCUT2D eigenvalue weighted by molar-refractivity contribution is 0.0200. The number of ether oxygens (including phenoxy) is 2. The van der Waals surface area contributed by atoms with Crippen LogP contribution in [0.3, 0.4) is 0 Å². The van der Waals surface area contributed by atoms with Gasteiger partial charge in [0.05, 0.1) is 23.3 Å². The van der Waals surface area contributed by atoms with Crippen LogP contribution in [0.1, 0.15) is 89.8 Å². The Balaban J connectivity index is 0.000000252. The van der Waals surface area contributed by atoms with Gasteiger partial charge in [-0.05, 0) is 115 Å². The molecule has 0 radical (unpaired) electrons. The van der Waals surface area contributed by atoms with Crippen LogP contribution >= 0.6 is 38.5 Å². The third-order valence-electron chi connectivity index (χ3n) is 6.71. The minimum absolute atomic E-state index is 0.166. The van der Waals surface area contributed by atoms with E-state index in [4.69, 9.17) is 20.0 Å². The van der Waals surface area contributed by atoms with E-state index in [1.54, 1.807) is 21.9 Å². The maximum absolute atomic E-state index is 12.0. The molecule has 2 aliphatic rings. The van der Waals surface area contributed by atoms with Gasteiger partial charge in [-0.25, -0.2) is 9.59 Å². The smallest absolute Gasteiger partial charge is 0.410 e. The first-order valence-corrected chi connectivity index (χ1v) is 16.9. The largest absolute Gasteiger partial charge is 0.444 e. The van der Waals surface area contributed by atoms with E-state index in [1.165, 1.54) is 5.56 Å². The topological polar surface area (TPSA) is 107 Å². The summed E-state index contributed by atoms with van der Waals surface area (Å²) in [4.78, 5) is 27.2. The minimum atomic E-state index is -0.443. The number of rotatable bonds is 1. The van der Waals surface area contributed by atoms with E-state index in [1.807, 2.05) is 84.0 Å². The lowest BCUT2D eigenvalue weighted by atomic mass is 9.89. The van der Waals surface area contributed by atoms with Crippen molar-refractivity contribution in [3.05, 3.63) is 69.7 Å². The quantitative estimate of drug-likeness (QED) is 0.212. The summed E-state index contributed by atoms with van der Waals surface area (Å²) >= 11 is 5.70. The molecule has 0 atom stereocenters. The fourth-order valence-electron chi connectivity index (χ4n) is 4.43. The Hall–Kier alpha value is -2.83. The second-order valence-electron chi connectivity index (χ2n) is 12.7. The zero-order valence-electron chi connectivity index (χ0n) is 26.6. The molecule has 0 aliphatic carbocycles. The van der Waals surface area contributed by atoms with Crippen LogP contribution in [0.15, 0.2) is 53.0 Å². The van der Waals surface area contributed by atoms with Gasteiger partial charge in [0.25, 0.3) is 0 Å². The van der Waals surface area contributed by atoms with Gasteiger partial charge >= 0.3 is 12.2 Å². The molecule has 2 amide bonds. The molecular formula is C34H44BrIN4O4. The summed E-state index contributed by atoms with van der Waals surface area (Å²) in [6, 6.07) is 19.1. The van der Waals surface area contributed by atoms with Crippen LogP contribution in [0.25, 0.3) is 0 Å². The lowest BCUT2D eigenvalue weighted by Gasteiger charge is -2.33. The number of halogens is 2. The van der Waals surface area contributed by atoms with Gasteiger partial charge in [0.1, 0.15) is 11.2 Å². The summed E-state index contributed by atoms with van der Waals surface area (Å²) in [5.41, 5.74) is 1.81. The van der Waals surface area contributed by atoms with Crippen LogP contribution in [0.5, 0.6) is 0 Å². The Kier molecular flexibility index (Phi) is 14.9. The molecule has 44 heavy (non-hydrogen) atoms. The van der Waals surface area contributed by atoms with Crippen molar-refractivity contribution in [3.63, 3.8) is 0 Å². The van der Waals surface area contributed by atoms with Crippen molar-refractivity contribution < 1.29 is 19.1 Å². The Morgan fingerprint density at radius 1 is 0.727 bits per heavy atom. The molecular weight excluding hydrogens is 735 g/mol. The second-order valence-corrected chi connectivity index (χ2v) is 15.4. The number of carbonyl (C=O) groups is 2. The molecule has 0 saturated carbocycles. The van der Waals surface area contributed by atoms with Gasteiger partial charge in [-0.15, -0.1) is 0 Å². The van der Waals surface area contributed by atoms with Crippen molar-refractivity contribution in [3.8, 4) is 12.1 Å². The zero-order chi connectivity index (χ0) is 32.9. The number of alkyl halides is 1. The van der Waals surface area contributed by atoms with Gasteiger partial charge in [-0.1, -0.05) is 50.7 Å².